The van der Waals surface area contributed by atoms with Crippen LogP contribution >= 0.6 is 0 Å². The zero-order valence-corrected chi connectivity index (χ0v) is 35.7. The van der Waals surface area contributed by atoms with Crippen molar-refractivity contribution in [3.63, 3.8) is 0 Å². The topological polar surface area (TPSA) is 12.5 Å². The normalized spacial score (nSPS) is 11.9. The molecule has 1 aliphatic heterocycles. The molecule has 11 aromatic carbocycles. The van der Waals surface area contributed by atoms with Crippen LogP contribution in [0.25, 0.3) is 66.1 Å². The molecule has 66 heavy (non-hydrogen) atoms. The van der Waals surface area contributed by atoms with E-state index in [0.717, 1.165) is 28.6 Å². The maximum Gasteiger partial charge on any atom is 0.132 e. The first-order valence-corrected chi connectivity index (χ1v) is 22.3. The van der Waals surface area contributed by atoms with Gasteiger partial charge in [-0.1, -0.05) is 202 Å². The van der Waals surface area contributed by atoms with Crippen molar-refractivity contribution >= 4 is 38.6 Å². The van der Waals surface area contributed by atoms with Crippen LogP contribution in [0.15, 0.2) is 255 Å². The zero-order chi connectivity index (χ0) is 43.1. The van der Waals surface area contributed by atoms with E-state index in [1.165, 1.54) is 82.7 Å². The minimum atomic E-state index is -0.131. The van der Waals surface area contributed by atoms with Gasteiger partial charge >= 0.3 is 0 Å². The highest BCUT2D eigenvalue weighted by Crippen LogP contribution is 2.53. The first-order chi connectivity index (χ1) is 32.2. The molecule has 11 aromatic rings. The predicted octanol–water partition coefficient (Wildman–Crippen LogP) is 18.1. The molecule has 0 radical (unpaired) electrons. The second kappa shape index (κ2) is 17.3. The fourth-order valence-electron chi connectivity index (χ4n) is 9.82. The highest BCUT2D eigenvalue weighted by Gasteiger charge is 2.33. The largest absolute Gasteiger partial charge is 0.457 e. The Balaban J connectivity index is 0.00000481. The summed E-state index contributed by atoms with van der Waals surface area (Å²) in [6.45, 7) is 0. The lowest BCUT2D eigenvalue weighted by molar-refractivity contribution is 0.456. The highest BCUT2D eigenvalue weighted by molar-refractivity contribution is 5.98. The summed E-state index contributed by atoms with van der Waals surface area (Å²) in [4.78, 5) is 2.39. The SMILES string of the molecule is C.c1ccc(-c2ccc(N(c3ccc(-c4ccccc4)cc3)c3cccc(C4c5c(ccc6cc(-c7ccccc7)ccc56)Oc5ccc6cc(-c7ccccc7)ccc6c54)c3)cc2)cc1. The van der Waals surface area contributed by atoms with Crippen molar-refractivity contribution in [1.82, 2.24) is 0 Å². The number of hydrogen-bond acceptors (Lipinski definition) is 2. The van der Waals surface area contributed by atoms with Gasteiger partial charge in [0.05, 0.1) is 0 Å². The summed E-state index contributed by atoms with van der Waals surface area (Å²) in [5.41, 5.74) is 16.3. The molecule has 0 unspecified atom stereocenters. The monoisotopic (exact) mass is 845 g/mol. The van der Waals surface area contributed by atoms with Gasteiger partial charge in [0.25, 0.3) is 0 Å². The van der Waals surface area contributed by atoms with Crippen molar-refractivity contribution in [2.45, 2.75) is 13.3 Å². The molecule has 0 aromatic heterocycles. The van der Waals surface area contributed by atoms with Crippen LogP contribution in [0.2, 0.25) is 0 Å². The molecule has 0 aliphatic carbocycles. The fraction of sp³-hybridized carbons (Fsp3) is 0.0312. The molecule has 314 valence electrons. The fourth-order valence-corrected chi connectivity index (χ4v) is 9.82. The van der Waals surface area contributed by atoms with Crippen LogP contribution in [0, 0.1) is 0 Å². The van der Waals surface area contributed by atoms with Crippen molar-refractivity contribution in [2.75, 3.05) is 4.90 Å². The predicted molar refractivity (Wildman–Crippen MR) is 279 cm³/mol. The molecule has 1 heterocycles. The summed E-state index contributed by atoms with van der Waals surface area (Å²) in [7, 11) is 0. The van der Waals surface area contributed by atoms with E-state index in [1.807, 2.05) is 0 Å². The molecule has 0 fully saturated rings. The van der Waals surface area contributed by atoms with Gasteiger partial charge in [0.15, 0.2) is 0 Å². The number of nitrogens with zero attached hydrogens (tertiary/aromatic N) is 1. The number of hydrogen-bond donors (Lipinski definition) is 0. The molecule has 12 rings (SSSR count). The molecule has 0 saturated carbocycles. The standard InChI is InChI=1S/C63H43NO.CH4/c1-5-14-43(15-6-1)47-24-32-54(33-25-47)64(55-34-26-48(27-35-55)44-16-7-2-8-17-44)56-23-13-22-53(42-56)61-62-57-36-28-49(45-18-9-3-10-19-45)40-51(57)30-38-59(62)65-60-39-31-52-41-50(29-37-58(52)63(60)61)46-20-11-4-12-21-46;/h1-42,61H;1H4. The minimum Gasteiger partial charge on any atom is -0.457 e. The summed E-state index contributed by atoms with van der Waals surface area (Å²) < 4.78 is 6.98. The number of fused-ring (bicyclic) bond motifs is 6. The van der Waals surface area contributed by atoms with Gasteiger partial charge in [-0.15, -0.1) is 0 Å². The van der Waals surface area contributed by atoms with E-state index in [1.54, 1.807) is 0 Å². The van der Waals surface area contributed by atoms with Crippen molar-refractivity contribution in [1.29, 1.82) is 0 Å². The van der Waals surface area contributed by atoms with E-state index in [-0.39, 0.29) is 13.3 Å². The number of ether oxygens (including phenoxy) is 1. The Hall–Kier alpha value is -8.46. The van der Waals surface area contributed by atoms with E-state index < -0.39 is 0 Å². The van der Waals surface area contributed by atoms with Gasteiger partial charge in [0.1, 0.15) is 11.5 Å². The molecule has 0 spiro atoms. The zero-order valence-electron chi connectivity index (χ0n) is 35.7. The van der Waals surface area contributed by atoms with E-state index >= 15 is 0 Å². The lowest BCUT2D eigenvalue weighted by Gasteiger charge is -2.32. The Bertz CT molecular complexity index is 3260. The molecule has 0 atom stereocenters. The van der Waals surface area contributed by atoms with Gasteiger partial charge in [-0.3, -0.25) is 0 Å². The minimum absolute atomic E-state index is 0. The third-order valence-electron chi connectivity index (χ3n) is 13.0. The molecular weight excluding hydrogens is 799 g/mol. The Morgan fingerprint density at radius 2 is 0.667 bits per heavy atom. The molecular formula is C64H47NO. The summed E-state index contributed by atoms with van der Waals surface area (Å²) in [5, 5.41) is 4.74. The average molecular weight is 846 g/mol. The second-order valence-corrected chi connectivity index (χ2v) is 16.8. The van der Waals surface area contributed by atoms with Crippen LogP contribution in [0.3, 0.4) is 0 Å². The lowest BCUT2D eigenvalue weighted by Crippen LogP contribution is -2.14. The average Bonchev–Trinajstić information content (AvgIpc) is 3.39. The van der Waals surface area contributed by atoms with Gasteiger partial charge in [-0.25, -0.2) is 0 Å². The third-order valence-corrected chi connectivity index (χ3v) is 13.0. The Morgan fingerprint density at radius 1 is 0.288 bits per heavy atom. The van der Waals surface area contributed by atoms with Crippen molar-refractivity contribution in [3.8, 4) is 56.0 Å². The molecule has 2 heteroatoms. The maximum atomic E-state index is 6.98. The Kier molecular flexibility index (Phi) is 10.5. The number of rotatable bonds is 8. The number of benzene rings is 11. The van der Waals surface area contributed by atoms with Gasteiger partial charge < -0.3 is 9.64 Å². The van der Waals surface area contributed by atoms with Crippen molar-refractivity contribution < 1.29 is 4.74 Å². The summed E-state index contributed by atoms with van der Waals surface area (Å²) >= 11 is 0. The molecule has 0 N–H and O–H groups in total. The van der Waals surface area contributed by atoms with Crippen LogP contribution < -0.4 is 9.64 Å². The second-order valence-electron chi connectivity index (χ2n) is 16.8. The first kappa shape index (κ1) is 40.3. The molecule has 1 aliphatic rings. The molecule has 2 nitrogen and oxygen atoms in total. The maximum absolute atomic E-state index is 6.98. The van der Waals surface area contributed by atoms with Crippen molar-refractivity contribution in [2.24, 2.45) is 0 Å². The lowest BCUT2D eigenvalue weighted by atomic mass is 9.78. The summed E-state index contributed by atoms with van der Waals surface area (Å²) in [6, 6.07) is 92.1. The van der Waals surface area contributed by atoms with Crippen molar-refractivity contribution in [3.05, 3.63) is 271 Å². The van der Waals surface area contributed by atoms with Gasteiger partial charge in [-0.2, -0.15) is 0 Å². The first-order valence-electron chi connectivity index (χ1n) is 22.3. The van der Waals surface area contributed by atoms with E-state index in [4.69, 9.17) is 4.74 Å². The van der Waals surface area contributed by atoms with E-state index in [0.29, 0.717) is 0 Å². The Labute approximate surface area is 387 Å². The van der Waals surface area contributed by atoms with E-state index in [9.17, 15) is 0 Å². The summed E-state index contributed by atoms with van der Waals surface area (Å²) in [6.07, 6.45) is 0. The molecule has 0 saturated heterocycles. The van der Waals surface area contributed by atoms with Crippen LogP contribution in [-0.2, 0) is 0 Å². The number of anilines is 3. The molecule has 0 bridgehead atoms. The van der Waals surface area contributed by atoms with Crippen LogP contribution in [0.1, 0.15) is 30.0 Å². The molecule has 0 amide bonds. The van der Waals surface area contributed by atoms with Crippen LogP contribution in [0.4, 0.5) is 17.1 Å². The van der Waals surface area contributed by atoms with Gasteiger partial charge in [0.2, 0.25) is 0 Å². The Morgan fingerprint density at radius 3 is 1.09 bits per heavy atom. The highest BCUT2D eigenvalue weighted by atomic mass is 16.5. The van der Waals surface area contributed by atoms with Gasteiger partial charge in [-0.05, 0) is 132 Å². The third kappa shape index (κ3) is 7.39. The van der Waals surface area contributed by atoms with Crippen LogP contribution in [-0.4, -0.2) is 0 Å². The van der Waals surface area contributed by atoms with Gasteiger partial charge in [0, 0.05) is 34.1 Å². The smallest absolute Gasteiger partial charge is 0.132 e. The quantitative estimate of drug-likeness (QED) is 0.151. The van der Waals surface area contributed by atoms with Crippen LogP contribution in [0.5, 0.6) is 11.5 Å². The summed E-state index contributed by atoms with van der Waals surface area (Å²) in [5.74, 6) is 1.64. The van der Waals surface area contributed by atoms with E-state index in [2.05, 4.69) is 260 Å².